The summed E-state index contributed by atoms with van der Waals surface area (Å²) in [7, 11) is 0. The van der Waals surface area contributed by atoms with Gasteiger partial charge in [-0.3, -0.25) is 0 Å². The molecule has 3 aliphatic rings. The van der Waals surface area contributed by atoms with Gasteiger partial charge in [-0.05, 0) is 49.4 Å². The molecular weight excluding hydrogens is 252 g/mol. The molecule has 3 aliphatic carbocycles. The molecule has 0 nitrogen and oxygen atoms in total. The van der Waals surface area contributed by atoms with Crippen LogP contribution in [-0.2, 0) is 0 Å². The van der Waals surface area contributed by atoms with Crippen LogP contribution in [0.4, 0.5) is 0 Å². The Morgan fingerprint density at radius 2 is 1.38 bits per heavy atom. The molecule has 3 unspecified atom stereocenters. The van der Waals surface area contributed by atoms with Crippen LogP contribution in [0.5, 0.6) is 0 Å². The molecule has 0 bridgehead atoms. The molecule has 110 valence electrons. The van der Waals surface area contributed by atoms with Crippen molar-refractivity contribution in [1.29, 1.82) is 0 Å². The summed E-state index contributed by atoms with van der Waals surface area (Å²) >= 11 is 0. The topological polar surface area (TPSA) is 0 Å². The second-order valence-corrected chi connectivity index (χ2v) is 6.83. The van der Waals surface area contributed by atoms with Crippen molar-refractivity contribution in [2.45, 2.75) is 33.1 Å². The van der Waals surface area contributed by atoms with Crippen LogP contribution < -0.4 is 0 Å². The number of hydrogen-bond acceptors (Lipinski definition) is 0. The predicted molar refractivity (Wildman–Crippen MR) is 91.9 cm³/mol. The molecule has 0 fully saturated rings. The fraction of sp³-hybridized carbons (Fsp3) is 0.429. The van der Waals surface area contributed by atoms with E-state index in [0.717, 1.165) is 0 Å². The second-order valence-electron chi connectivity index (χ2n) is 6.83. The van der Waals surface area contributed by atoms with E-state index in [1.54, 1.807) is 0 Å². The Kier molecular flexibility index (Phi) is 4.14. The summed E-state index contributed by atoms with van der Waals surface area (Å²) in [4.78, 5) is 0. The summed E-state index contributed by atoms with van der Waals surface area (Å²) in [6.07, 6.45) is 29.1. The normalized spacial score (nSPS) is 33.8. The minimum Gasteiger partial charge on any atom is -0.0839 e. The van der Waals surface area contributed by atoms with Gasteiger partial charge in [0.25, 0.3) is 0 Å². The van der Waals surface area contributed by atoms with Gasteiger partial charge in [0.1, 0.15) is 0 Å². The third-order valence-corrected chi connectivity index (χ3v) is 5.64. The molecule has 0 aromatic rings. The van der Waals surface area contributed by atoms with Crippen molar-refractivity contribution in [1.82, 2.24) is 0 Å². The molecule has 0 radical (unpaired) electrons. The van der Waals surface area contributed by atoms with Crippen LogP contribution in [0.25, 0.3) is 0 Å². The molecule has 0 aromatic carbocycles. The second kappa shape index (κ2) is 6.05. The van der Waals surface area contributed by atoms with Crippen LogP contribution >= 0.6 is 0 Å². The van der Waals surface area contributed by atoms with Gasteiger partial charge >= 0.3 is 0 Å². The maximum absolute atomic E-state index is 2.51. The lowest BCUT2D eigenvalue weighted by atomic mass is 9.56. The van der Waals surface area contributed by atoms with Gasteiger partial charge in [-0.25, -0.2) is 0 Å². The summed E-state index contributed by atoms with van der Waals surface area (Å²) in [5.74, 6) is 1.89. The van der Waals surface area contributed by atoms with Crippen LogP contribution in [0.3, 0.4) is 0 Å². The van der Waals surface area contributed by atoms with Gasteiger partial charge in [0.15, 0.2) is 0 Å². The third-order valence-electron chi connectivity index (χ3n) is 5.64. The Hall–Kier alpha value is -1.56. The lowest BCUT2D eigenvalue weighted by molar-refractivity contribution is 0.0921. The van der Waals surface area contributed by atoms with Crippen LogP contribution in [0.2, 0.25) is 0 Å². The lowest BCUT2D eigenvalue weighted by Crippen LogP contribution is -2.41. The molecule has 21 heavy (non-hydrogen) atoms. The SMILES string of the molecule is CC1=CCC(C(C)(C2C=CC=CC2)C2C=CC=CC2)C=C1. The zero-order chi connectivity index (χ0) is 14.7. The van der Waals surface area contributed by atoms with Crippen LogP contribution in [0.15, 0.2) is 72.4 Å². The molecular formula is C21H26. The molecule has 0 saturated carbocycles. The molecule has 3 atom stereocenters. The quantitative estimate of drug-likeness (QED) is 0.614. The van der Waals surface area contributed by atoms with E-state index in [4.69, 9.17) is 0 Å². The molecule has 0 aromatic heterocycles. The van der Waals surface area contributed by atoms with Gasteiger partial charge in [-0.15, -0.1) is 0 Å². The summed E-state index contributed by atoms with van der Waals surface area (Å²) in [6.45, 7) is 4.72. The predicted octanol–water partition coefficient (Wildman–Crippen LogP) is 5.78. The Labute approximate surface area is 129 Å². The van der Waals surface area contributed by atoms with Crippen molar-refractivity contribution in [2.75, 3.05) is 0 Å². The van der Waals surface area contributed by atoms with E-state index >= 15 is 0 Å². The van der Waals surface area contributed by atoms with E-state index in [-0.39, 0.29) is 5.41 Å². The molecule has 0 saturated heterocycles. The van der Waals surface area contributed by atoms with E-state index in [1.807, 2.05) is 0 Å². The maximum Gasteiger partial charge on any atom is -0.0128 e. The Morgan fingerprint density at radius 1 is 0.810 bits per heavy atom. The zero-order valence-electron chi connectivity index (χ0n) is 13.2. The average molecular weight is 278 g/mol. The van der Waals surface area contributed by atoms with Gasteiger partial charge in [0, 0.05) is 0 Å². The van der Waals surface area contributed by atoms with E-state index in [2.05, 4.69) is 80.7 Å². The van der Waals surface area contributed by atoms with Crippen LogP contribution in [0, 0.1) is 23.2 Å². The molecule has 0 amide bonds. The van der Waals surface area contributed by atoms with Crippen molar-refractivity contribution in [3.8, 4) is 0 Å². The van der Waals surface area contributed by atoms with Crippen LogP contribution in [-0.4, -0.2) is 0 Å². The zero-order valence-corrected chi connectivity index (χ0v) is 13.2. The molecule has 3 rings (SSSR count). The monoisotopic (exact) mass is 278 g/mol. The van der Waals surface area contributed by atoms with E-state index in [0.29, 0.717) is 17.8 Å². The number of allylic oxidation sites excluding steroid dienone is 12. The van der Waals surface area contributed by atoms with Gasteiger partial charge in [-0.2, -0.15) is 0 Å². The van der Waals surface area contributed by atoms with Crippen molar-refractivity contribution >= 4 is 0 Å². The first-order chi connectivity index (χ1) is 10.2. The fourth-order valence-electron chi connectivity index (χ4n) is 4.10. The van der Waals surface area contributed by atoms with Gasteiger partial charge in [-0.1, -0.05) is 79.3 Å². The van der Waals surface area contributed by atoms with Crippen molar-refractivity contribution in [2.24, 2.45) is 23.2 Å². The Morgan fingerprint density at radius 3 is 1.81 bits per heavy atom. The molecule has 0 aliphatic heterocycles. The summed E-state index contributed by atoms with van der Waals surface area (Å²) in [5.41, 5.74) is 1.70. The largest absolute Gasteiger partial charge is 0.0839 e. The summed E-state index contributed by atoms with van der Waals surface area (Å²) in [6, 6.07) is 0. The first-order valence-electron chi connectivity index (χ1n) is 8.23. The van der Waals surface area contributed by atoms with Crippen molar-refractivity contribution in [3.63, 3.8) is 0 Å². The van der Waals surface area contributed by atoms with Gasteiger partial charge in [0.2, 0.25) is 0 Å². The first-order valence-corrected chi connectivity index (χ1v) is 8.23. The Bertz CT molecular complexity index is 521. The van der Waals surface area contributed by atoms with Crippen molar-refractivity contribution in [3.05, 3.63) is 72.4 Å². The summed E-state index contributed by atoms with van der Waals surface area (Å²) < 4.78 is 0. The van der Waals surface area contributed by atoms with Gasteiger partial charge in [0.05, 0.1) is 0 Å². The number of rotatable bonds is 3. The smallest absolute Gasteiger partial charge is 0.0128 e. The molecule has 0 heterocycles. The highest BCUT2D eigenvalue weighted by atomic mass is 14.5. The maximum atomic E-state index is 2.51. The van der Waals surface area contributed by atoms with E-state index in [9.17, 15) is 0 Å². The first kappa shape index (κ1) is 14.4. The molecule has 0 spiro atoms. The minimum atomic E-state index is 0.288. The highest BCUT2D eigenvalue weighted by Gasteiger charge is 2.43. The third kappa shape index (κ3) is 2.77. The highest BCUT2D eigenvalue weighted by molar-refractivity contribution is 5.27. The number of hydrogen-bond donors (Lipinski definition) is 0. The Balaban J connectivity index is 1.92. The fourth-order valence-corrected chi connectivity index (χ4v) is 4.10. The molecule has 0 heteroatoms. The minimum absolute atomic E-state index is 0.288. The average Bonchev–Trinajstić information content (AvgIpc) is 2.56. The van der Waals surface area contributed by atoms with Gasteiger partial charge < -0.3 is 0 Å². The van der Waals surface area contributed by atoms with Crippen LogP contribution in [0.1, 0.15) is 33.1 Å². The van der Waals surface area contributed by atoms with Crippen molar-refractivity contribution < 1.29 is 0 Å². The highest BCUT2D eigenvalue weighted by Crippen LogP contribution is 2.51. The van der Waals surface area contributed by atoms with E-state index < -0.39 is 0 Å². The summed E-state index contributed by atoms with van der Waals surface area (Å²) in [5, 5.41) is 0. The molecule has 0 N–H and O–H groups in total. The standard InChI is InChI=1S/C21H26/c1-17-13-15-20(16-14-17)21(2,18-9-5-3-6-10-18)19-11-7-4-8-12-19/h3-9,11,13-15,18-20H,10,12,16H2,1-2H3. The lowest BCUT2D eigenvalue weighted by Gasteiger charge is -2.47. The van der Waals surface area contributed by atoms with E-state index in [1.165, 1.54) is 24.8 Å².